The molecular weight excluding hydrogens is 347 g/mol. The van der Waals surface area contributed by atoms with Crippen molar-refractivity contribution in [2.24, 2.45) is 0 Å². The summed E-state index contributed by atoms with van der Waals surface area (Å²) in [7, 11) is 0. The van der Waals surface area contributed by atoms with Gasteiger partial charge in [0.15, 0.2) is 6.61 Å². The molecule has 0 bridgehead atoms. The average molecular weight is 370 g/mol. The highest BCUT2D eigenvalue weighted by Crippen LogP contribution is 2.27. The molecule has 2 aromatic rings. The largest absolute Gasteiger partial charge is 0.483 e. The Kier molecular flexibility index (Phi) is 7.11. The van der Waals surface area contributed by atoms with Crippen LogP contribution in [0.25, 0.3) is 6.08 Å². The van der Waals surface area contributed by atoms with Crippen molar-refractivity contribution >= 4 is 17.9 Å². The van der Waals surface area contributed by atoms with Gasteiger partial charge < -0.3 is 4.74 Å². The Morgan fingerprint density at radius 3 is 2.63 bits per heavy atom. The van der Waals surface area contributed by atoms with E-state index >= 15 is 0 Å². The maximum Gasteiger partial charge on any atom is 0.276 e. The molecule has 0 radical (unpaired) electrons. The molecule has 0 aliphatic carbocycles. The number of halogens is 1. The Morgan fingerprint density at radius 2 is 1.93 bits per heavy atom. The number of rotatable bonds is 6. The number of carbonyl (C=O) groups is 2. The number of hydrazine groups is 1. The van der Waals surface area contributed by atoms with Gasteiger partial charge in [-0.2, -0.15) is 0 Å². The Bertz CT molecular complexity index is 847. The van der Waals surface area contributed by atoms with Gasteiger partial charge in [-0.3, -0.25) is 20.4 Å². The molecule has 0 atom stereocenters. The van der Waals surface area contributed by atoms with Crippen LogP contribution in [-0.4, -0.2) is 18.4 Å². The lowest BCUT2D eigenvalue weighted by molar-refractivity contribution is -0.128. The van der Waals surface area contributed by atoms with Crippen LogP contribution in [0.5, 0.6) is 5.75 Å². The van der Waals surface area contributed by atoms with Crippen LogP contribution in [0, 0.1) is 12.7 Å². The van der Waals surface area contributed by atoms with Gasteiger partial charge in [0, 0.05) is 6.08 Å². The van der Waals surface area contributed by atoms with E-state index < -0.39 is 11.8 Å². The molecule has 0 saturated heterocycles. The van der Waals surface area contributed by atoms with E-state index in [1.54, 1.807) is 12.1 Å². The topological polar surface area (TPSA) is 67.4 Å². The van der Waals surface area contributed by atoms with Crippen molar-refractivity contribution in [3.05, 3.63) is 71.0 Å². The van der Waals surface area contributed by atoms with E-state index in [0.717, 1.165) is 11.1 Å². The van der Waals surface area contributed by atoms with Gasteiger partial charge in [-0.1, -0.05) is 38.1 Å². The number of benzene rings is 2. The Morgan fingerprint density at radius 1 is 1.15 bits per heavy atom. The van der Waals surface area contributed by atoms with Gasteiger partial charge in [0.1, 0.15) is 11.6 Å². The summed E-state index contributed by atoms with van der Waals surface area (Å²) in [4.78, 5) is 23.6. The van der Waals surface area contributed by atoms with Gasteiger partial charge in [0.25, 0.3) is 11.8 Å². The molecule has 0 aliphatic heterocycles. The van der Waals surface area contributed by atoms with E-state index in [4.69, 9.17) is 4.74 Å². The molecule has 27 heavy (non-hydrogen) atoms. The lowest BCUT2D eigenvalue weighted by Gasteiger charge is -2.14. The molecule has 142 valence electrons. The van der Waals surface area contributed by atoms with Crippen LogP contribution >= 0.6 is 0 Å². The summed E-state index contributed by atoms with van der Waals surface area (Å²) in [5.74, 6) is -0.501. The van der Waals surface area contributed by atoms with Crippen LogP contribution in [0.1, 0.15) is 36.5 Å². The highest BCUT2D eigenvalue weighted by Gasteiger charge is 2.10. The maximum atomic E-state index is 13.1. The molecule has 0 heterocycles. The number of hydrogen-bond acceptors (Lipinski definition) is 3. The minimum atomic E-state index is -0.536. The van der Waals surface area contributed by atoms with Crippen molar-refractivity contribution in [1.82, 2.24) is 10.9 Å². The summed E-state index contributed by atoms with van der Waals surface area (Å²) in [6, 6.07) is 11.7. The first-order valence-electron chi connectivity index (χ1n) is 8.61. The smallest absolute Gasteiger partial charge is 0.276 e. The number of amides is 2. The molecule has 0 saturated carbocycles. The van der Waals surface area contributed by atoms with Crippen LogP contribution in [0.4, 0.5) is 4.39 Å². The van der Waals surface area contributed by atoms with Crippen molar-refractivity contribution < 1.29 is 18.7 Å². The summed E-state index contributed by atoms with van der Waals surface area (Å²) in [5.41, 5.74) is 7.11. The molecule has 0 spiro atoms. The molecule has 6 heteroatoms. The van der Waals surface area contributed by atoms with Crippen LogP contribution in [-0.2, 0) is 9.59 Å². The standard InChI is InChI=1S/C21H23FN2O3/c1-14(2)18-9-7-15(3)11-19(18)27-13-21(26)24-23-20(25)10-8-16-5-4-6-17(22)12-16/h4-12,14H,13H2,1-3H3,(H,23,25)(H,24,26)/b10-8+. The number of nitrogens with one attached hydrogen (secondary N) is 2. The van der Waals surface area contributed by atoms with Gasteiger partial charge in [0.05, 0.1) is 0 Å². The fourth-order valence-corrected chi connectivity index (χ4v) is 2.38. The molecule has 0 aromatic heterocycles. The number of ether oxygens (including phenoxy) is 1. The fourth-order valence-electron chi connectivity index (χ4n) is 2.38. The normalized spacial score (nSPS) is 10.9. The monoisotopic (exact) mass is 370 g/mol. The summed E-state index contributed by atoms with van der Waals surface area (Å²) < 4.78 is 18.7. The third-order valence-electron chi connectivity index (χ3n) is 3.75. The van der Waals surface area contributed by atoms with Gasteiger partial charge in [-0.25, -0.2) is 4.39 Å². The zero-order valence-corrected chi connectivity index (χ0v) is 15.6. The highest BCUT2D eigenvalue weighted by atomic mass is 19.1. The van der Waals surface area contributed by atoms with Crippen LogP contribution in [0.3, 0.4) is 0 Å². The lowest BCUT2D eigenvalue weighted by atomic mass is 10.0. The summed E-state index contributed by atoms with van der Waals surface area (Å²) in [5, 5.41) is 0. The molecule has 0 aliphatic rings. The predicted molar refractivity (Wildman–Crippen MR) is 102 cm³/mol. The Labute approximate surface area is 158 Å². The minimum Gasteiger partial charge on any atom is -0.483 e. The van der Waals surface area contributed by atoms with Crippen LogP contribution in [0.15, 0.2) is 48.5 Å². The zero-order chi connectivity index (χ0) is 19.8. The molecule has 2 rings (SSSR count). The average Bonchev–Trinajstić information content (AvgIpc) is 2.62. The van der Waals surface area contributed by atoms with Crippen molar-refractivity contribution in [2.75, 3.05) is 6.61 Å². The fraction of sp³-hybridized carbons (Fsp3) is 0.238. The van der Waals surface area contributed by atoms with Crippen LogP contribution < -0.4 is 15.6 Å². The summed E-state index contributed by atoms with van der Waals surface area (Å²) >= 11 is 0. The SMILES string of the molecule is Cc1ccc(C(C)C)c(OCC(=O)NNC(=O)/C=C/c2cccc(F)c2)c1. The van der Waals surface area contributed by atoms with Crippen molar-refractivity contribution in [1.29, 1.82) is 0 Å². The first-order valence-corrected chi connectivity index (χ1v) is 8.61. The minimum absolute atomic E-state index is 0.225. The van der Waals surface area contributed by atoms with Crippen molar-refractivity contribution in [3.63, 3.8) is 0 Å². The molecular formula is C21H23FN2O3. The predicted octanol–water partition coefficient (Wildman–Crippen LogP) is 3.50. The van der Waals surface area contributed by atoms with E-state index in [0.29, 0.717) is 11.3 Å². The maximum absolute atomic E-state index is 13.1. The zero-order valence-electron chi connectivity index (χ0n) is 15.6. The van der Waals surface area contributed by atoms with Crippen LogP contribution in [0.2, 0.25) is 0 Å². The Balaban J connectivity index is 1.83. The molecule has 5 nitrogen and oxygen atoms in total. The van der Waals surface area contributed by atoms with Gasteiger partial charge in [-0.15, -0.1) is 0 Å². The summed E-state index contributed by atoms with van der Waals surface area (Å²) in [6.07, 6.45) is 2.65. The third-order valence-corrected chi connectivity index (χ3v) is 3.75. The van der Waals surface area contributed by atoms with Crippen molar-refractivity contribution in [2.45, 2.75) is 26.7 Å². The second-order valence-electron chi connectivity index (χ2n) is 6.41. The van der Waals surface area contributed by atoms with E-state index in [2.05, 4.69) is 10.9 Å². The molecule has 2 amide bonds. The third kappa shape index (κ3) is 6.58. The second kappa shape index (κ2) is 9.52. The molecule has 2 N–H and O–H groups in total. The number of carbonyl (C=O) groups excluding carboxylic acids is 2. The number of aryl methyl sites for hydroxylation is 1. The Hall–Kier alpha value is -3.15. The van der Waals surface area contributed by atoms with E-state index in [1.165, 1.54) is 24.3 Å². The van der Waals surface area contributed by atoms with E-state index in [-0.39, 0.29) is 18.3 Å². The molecule has 0 fully saturated rings. The van der Waals surface area contributed by atoms with E-state index in [9.17, 15) is 14.0 Å². The number of hydrogen-bond donors (Lipinski definition) is 2. The van der Waals surface area contributed by atoms with E-state index in [1.807, 2.05) is 39.0 Å². The van der Waals surface area contributed by atoms with Gasteiger partial charge >= 0.3 is 0 Å². The van der Waals surface area contributed by atoms with Gasteiger partial charge in [0.2, 0.25) is 0 Å². The highest BCUT2D eigenvalue weighted by molar-refractivity contribution is 5.93. The first kappa shape index (κ1) is 20.2. The molecule has 0 unspecified atom stereocenters. The quantitative estimate of drug-likeness (QED) is 0.604. The van der Waals surface area contributed by atoms with Gasteiger partial charge in [-0.05, 0) is 53.8 Å². The van der Waals surface area contributed by atoms with Crippen molar-refractivity contribution in [3.8, 4) is 5.75 Å². The molecule has 2 aromatic carbocycles. The summed E-state index contributed by atoms with van der Waals surface area (Å²) in [6.45, 7) is 5.81. The lowest BCUT2D eigenvalue weighted by Crippen LogP contribution is -2.43. The second-order valence-corrected chi connectivity index (χ2v) is 6.41. The first-order chi connectivity index (χ1) is 12.8.